The molecule has 0 fully saturated rings. The summed E-state index contributed by atoms with van der Waals surface area (Å²) in [6.07, 6.45) is 0. The van der Waals surface area contributed by atoms with Gasteiger partial charge in [0.05, 0.1) is 11.6 Å². The van der Waals surface area contributed by atoms with Crippen molar-refractivity contribution in [2.75, 3.05) is 11.9 Å². The highest BCUT2D eigenvalue weighted by atomic mass is 16.4. The third-order valence-electron chi connectivity index (χ3n) is 1.79. The minimum atomic E-state index is -0.475. The van der Waals surface area contributed by atoms with Crippen LogP contribution in [0.2, 0.25) is 0 Å². The van der Waals surface area contributed by atoms with Gasteiger partial charge in [0.1, 0.15) is 6.54 Å². The summed E-state index contributed by atoms with van der Waals surface area (Å²) in [6, 6.07) is 7.12. The Balaban J connectivity index is 2.41. The quantitative estimate of drug-likeness (QED) is 0.692. The van der Waals surface area contributed by atoms with Crippen LogP contribution in [-0.4, -0.2) is 11.5 Å². The Morgan fingerprint density at radius 2 is 2.43 bits per heavy atom. The van der Waals surface area contributed by atoms with E-state index in [0.29, 0.717) is 11.1 Å². The average Bonchev–Trinajstić information content (AvgIpc) is 2.54. The predicted octanol–water partition coefficient (Wildman–Crippen LogP) is 1.06. The van der Waals surface area contributed by atoms with E-state index < -0.39 is 5.76 Å². The number of hydrogen-bond acceptors (Lipinski definition) is 4. The molecule has 1 aromatic carbocycles. The van der Waals surface area contributed by atoms with E-state index in [4.69, 9.17) is 9.68 Å². The zero-order valence-electron chi connectivity index (χ0n) is 7.20. The molecular weight excluding hydrogens is 182 g/mol. The molecule has 14 heavy (non-hydrogen) atoms. The normalized spacial score (nSPS) is 9.93. The second kappa shape index (κ2) is 3.26. The Morgan fingerprint density at radius 1 is 1.57 bits per heavy atom. The van der Waals surface area contributed by atoms with E-state index in [0.717, 1.165) is 5.69 Å². The Morgan fingerprint density at radius 3 is 3.21 bits per heavy atom. The lowest BCUT2D eigenvalue weighted by molar-refractivity contribution is 0.555. The molecule has 70 valence electrons. The maximum absolute atomic E-state index is 10.8. The van der Waals surface area contributed by atoms with Gasteiger partial charge in [-0.1, -0.05) is 0 Å². The van der Waals surface area contributed by atoms with E-state index in [1.807, 2.05) is 6.07 Å². The van der Waals surface area contributed by atoms with Crippen molar-refractivity contribution in [2.45, 2.75) is 0 Å². The third kappa shape index (κ3) is 1.45. The molecule has 0 aliphatic heterocycles. The van der Waals surface area contributed by atoms with Gasteiger partial charge in [-0.05, 0) is 12.1 Å². The van der Waals surface area contributed by atoms with Crippen LogP contribution in [0.5, 0.6) is 0 Å². The molecule has 5 nitrogen and oxygen atoms in total. The standard InChI is InChI=1S/C9H7N3O2/c10-3-4-11-6-1-2-7-8(5-6)14-9(13)12-7/h1-2,5,11H,4H2,(H,12,13). The van der Waals surface area contributed by atoms with Crippen LogP contribution in [0.25, 0.3) is 11.1 Å². The molecule has 0 atom stereocenters. The fraction of sp³-hybridized carbons (Fsp3) is 0.111. The van der Waals surface area contributed by atoms with E-state index in [1.54, 1.807) is 18.2 Å². The molecule has 0 saturated heterocycles. The van der Waals surface area contributed by atoms with Crippen LogP contribution >= 0.6 is 0 Å². The van der Waals surface area contributed by atoms with Crippen molar-refractivity contribution in [3.8, 4) is 6.07 Å². The second-order valence-corrected chi connectivity index (χ2v) is 2.74. The summed E-state index contributed by atoms with van der Waals surface area (Å²) in [5.74, 6) is -0.475. The summed E-state index contributed by atoms with van der Waals surface area (Å²) in [5.41, 5.74) is 1.89. The molecule has 0 aliphatic carbocycles. The van der Waals surface area contributed by atoms with Crippen molar-refractivity contribution in [2.24, 2.45) is 0 Å². The molecule has 5 heteroatoms. The molecule has 2 rings (SSSR count). The number of H-pyrrole nitrogens is 1. The van der Waals surface area contributed by atoms with Gasteiger partial charge in [-0.25, -0.2) is 4.79 Å². The van der Waals surface area contributed by atoms with Crippen molar-refractivity contribution in [1.82, 2.24) is 4.98 Å². The number of nitriles is 1. The first-order chi connectivity index (χ1) is 6.79. The highest BCUT2D eigenvalue weighted by Gasteiger charge is 2.00. The molecule has 0 aliphatic rings. The summed E-state index contributed by atoms with van der Waals surface area (Å²) >= 11 is 0. The minimum Gasteiger partial charge on any atom is -0.408 e. The van der Waals surface area contributed by atoms with Gasteiger partial charge in [-0.3, -0.25) is 4.98 Å². The van der Waals surface area contributed by atoms with E-state index in [1.165, 1.54) is 0 Å². The molecule has 2 aromatic rings. The summed E-state index contributed by atoms with van der Waals surface area (Å²) in [5, 5.41) is 11.2. The zero-order chi connectivity index (χ0) is 9.97. The Kier molecular flexibility index (Phi) is 1.95. The van der Waals surface area contributed by atoms with Gasteiger partial charge in [0.25, 0.3) is 0 Å². The Bertz CT molecular complexity index is 547. The first kappa shape index (κ1) is 8.38. The number of nitrogens with zero attached hydrogens (tertiary/aromatic N) is 1. The third-order valence-corrected chi connectivity index (χ3v) is 1.79. The lowest BCUT2D eigenvalue weighted by atomic mass is 10.3. The van der Waals surface area contributed by atoms with E-state index in [-0.39, 0.29) is 6.54 Å². The fourth-order valence-electron chi connectivity index (χ4n) is 1.20. The van der Waals surface area contributed by atoms with Crippen molar-refractivity contribution in [1.29, 1.82) is 5.26 Å². The van der Waals surface area contributed by atoms with Crippen LogP contribution < -0.4 is 11.1 Å². The molecule has 0 unspecified atom stereocenters. The summed E-state index contributed by atoms with van der Waals surface area (Å²) in [6.45, 7) is 0.222. The average molecular weight is 189 g/mol. The van der Waals surface area contributed by atoms with Crippen LogP contribution in [0.4, 0.5) is 5.69 Å². The fourth-order valence-corrected chi connectivity index (χ4v) is 1.20. The number of benzene rings is 1. The largest absolute Gasteiger partial charge is 0.417 e. The highest BCUT2D eigenvalue weighted by molar-refractivity contribution is 5.76. The van der Waals surface area contributed by atoms with Gasteiger partial charge < -0.3 is 9.73 Å². The molecule has 0 spiro atoms. The van der Waals surface area contributed by atoms with E-state index in [2.05, 4.69) is 10.3 Å². The minimum absolute atomic E-state index is 0.222. The lowest BCUT2D eigenvalue weighted by Gasteiger charge is -1.99. The monoisotopic (exact) mass is 189 g/mol. The molecule has 0 amide bonds. The van der Waals surface area contributed by atoms with Crippen LogP contribution in [0, 0.1) is 11.3 Å². The summed E-state index contributed by atoms with van der Waals surface area (Å²) in [7, 11) is 0. The maximum Gasteiger partial charge on any atom is 0.417 e. The lowest BCUT2D eigenvalue weighted by Crippen LogP contribution is -1.97. The van der Waals surface area contributed by atoms with Gasteiger partial charge in [-0.15, -0.1) is 0 Å². The topological polar surface area (TPSA) is 81.8 Å². The van der Waals surface area contributed by atoms with Crippen molar-refractivity contribution >= 4 is 16.8 Å². The predicted molar refractivity (Wildman–Crippen MR) is 50.9 cm³/mol. The SMILES string of the molecule is N#CCNc1ccc2[nH]c(=O)oc2c1. The van der Waals surface area contributed by atoms with Crippen LogP contribution in [-0.2, 0) is 0 Å². The van der Waals surface area contributed by atoms with Crippen molar-refractivity contribution in [3.63, 3.8) is 0 Å². The maximum atomic E-state index is 10.8. The number of oxazole rings is 1. The smallest absolute Gasteiger partial charge is 0.408 e. The van der Waals surface area contributed by atoms with Gasteiger partial charge in [-0.2, -0.15) is 5.26 Å². The second-order valence-electron chi connectivity index (χ2n) is 2.74. The van der Waals surface area contributed by atoms with Crippen molar-refractivity contribution < 1.29 is 4.42 Å². The van der Waals surface area contributed by atoms with Gasteiger partial charge >= 0.3 is 5.76 Å². The van der Waals surface area contributed by atoms with Crippen LogP contribution in [0.15, 0.2) is 27.4 Å². The van der Waals surface area contributed by atoms with Gasteiger partial charge in [0.2, 0.25) is 0 Å². The molecular formula is C9H7N3O2. The van der Waals surface area contributed by atoms with Crippen molar-refractivity contribution in [3.05, 3.63) is 28.7 Å². The number of anilines is 1. The van der Waals surface area contributed by atoms with E-state index in [9.17, 15) is 4.79 Å². The number of nitrogens with one attached hydrogen (secondary N) is 2. The molecule has 0 bridgehead atoms. The summed E-state index contributed by atoms with van der Waals surface area (Å²) < 4.78 is 4.85. The first-order valence-corrected chi connectivity index (χ1v) is 4.03. The number of aromatic nitrogens is 1. The summed E-state index contributed by atoms with van der Waals surface area (Å²) in [4.78, 5) is 13.3. The zero-order valence-corrected chi connectivity index (χ0v) is 7.20. The number of aromatic amines is 1. The molecule has 1 heterocycles. The van der Waals surface area contributed by atoms with E-state index >= 15 is 0 Å². The van der Waals surface area contributed by atoms with Crippen LogP contribution in [0.1, 0.15) is 0 Å². The Hall–Kier alpha value is -2.22. The first-order valence-electron chi connectivity index (χ1n) is 4.03. The highest BCUT2D eigenvalue weighted by Crippen LogP contribution is 2.15. The molecule has 0 saturated carbocycles. The molecule has 1 aromatic heterocycles. The molecule has 2 N–H and O–H groups in total. The van der Waals surface area contributed by atoms with Gasteiger partial charge in [0, 0.05) is 11.8 Å². The molecule has 0 radical (unpaired) electrons. The number of rotatable bonds is 2. The van der Waals surface area contributed by atoms with Gasteiger partial charge in [0.15, 0.2) is 5.58 Å². The number of hydrogen-bond donors (Lipinski definition) is 2. The Labute approximate surface area is 79.0 Å². The van der Waals surface area contributed by atoms with Crippen LogP contribution in [0.3, 0.4) is 0 Å². The number of fused-ring (bicyclic) bond motifs is 1.